The molecule has 2 atom stereocenters. The number of benzene rings is 1. The summed E-state index contributed by atoms with van der Waals surface area (Å²) in [5.41, 5.74) is 0.496. The van der Waals surface area contributed by atoms with Crippen LogP contribution in [0.15, 0.2) is 28.8 Å². The van der Waals surface area contributed by atoms with Gasteiger partial charge in [-0.1, -0.05) is 17.3 Å². The van der Waals surface area contributed by atoms with Gasteiger partial charge in [0.1, 0.15) is 0 Å². The van der Waals surface area contributed by atoms with Crippen LogP contribution >= 0.6 is 0 Å². The Kier molecular flexibility index (Phi) is 3.17. The molecule has 1 saturated heterocycles. The molecule has 1 aromatic heterocycles. The molecule has 20 heavy (non-hydrogen) atoms. The van der Waals surface area contributed by atoms with Crippen LogP contribution < -0.4 is 5.32 Å². The minimum Gasteiger partial charge on any atom is -0.392 e. The highest BCUT2D eigenvalue weighted by Crippen LogP contribution is 2.26. The Morgan fingerprint density at radius 3 is 3.05 bits per heavy atom. The van der Waals surface area contributed by atoms with Crippen LogP contribution in [0, 0.1) is 10.1 Å². The van der Waals surface area contributed by atoms with E-state index in [-0.39, 0.29) is 11.7 Å². The zero-order chi connectivity index (χ0) is 14.1. The van der Waals surface area contributed by atoms with E-state index in [9.17, 15) is 15.2 Å². The Hall–Kier alpha value is -2.32. The molecule has 2 heterocycles. The second-order valence-corrected chi connectivity index (χ2v) is 4.61. The number of aliphatic hydroxyl groups is 1. The van der Waals surface area contributed by atoms with Crippen molar-refractivity contribution in [2.24, 2.45) is 0 Å². The quantitative estimate of drug-likeness (QED) is 0.635. The van der Waals surface area contributed by atoms with Crippen molar-refractivity contribution in [3.63, 3.8) is 0 Å². The molecule has 0 aliphatic carbocycles. The fraction of sp³-hybridized carbons (Fsp3) is 0.333. The molecule has 2 aromatic rings. The summed E-state index contributed by atoms with van der Waals surface area (Å²) < 4.78 is 5.15. The summed E-state index contributed by atoms with van der Waals surface area (Å²) in [4.78, 5) is 14.5. The van der Waals surface area contributed by atoms with E-state index in [0.717, 1.165) is 0 Å². The fourth-order valence-electron chi connectivity index (χ4n) is 2.16. The van der Waals surface area contributed by atoms with Crippen molar-refractivity contribution in [3.05, 3.63) is 40.3 Å². The third kappa shape index (κ3) is 2.38. The van der Waals surface area contributed by atoms with E-state index in [2.05, 4.69) is 15.5 Å². The normalized spacial score (nSPS) is 22.1. The van der Waals surface area contributed by atoms with Gasteiger partial charge in [0.2, 0.25) is 11.7 Å². The number of hydrogen-bond acceptors (Lipinski definition) is 7. The van der Waals surface area contributed by atoms with Gasteiger partial charge in [-0.3, -0.25) is 10.1 Å². The third-order valence-electron chi connectivity index (χ3n) is 3.16. The number of aromatic nitrogens is 2. The Balaban J connectivity index is 1.86. The van der Waals surface area contributed by atoms with E-state index in [1.54, 1.807) is 12.1 Å². The molecule has 2 N–H and O–H groups in total. The van der Waals surface area contributed by atoms with Crippen molar-refractivity contribution >= 4 is 5.69 Å². The summed E-state index contributed by atoms with van der Waals surface area (Å²) in [5, 5.41) is 27.1. The average Bonchev–Trinajstić information content (AvgIpc) is 3.07. The molecular weight excluding hydrogens is 264 g/mol. The SMILES string of the molecule is O=[N+]([O-])c1cccc(-c2noc([C@@H]3CC(O)CN3)n2)c1. The predicted octanol–water partition coefficient (Wildman–Crippen LogP) is 1.04. The lowest BCUT2D eigenvalue weighted by molar-refractivity contribution is -0.384. The van der Waals surface area contributed by atoms with E-state index in [0.29, 0.717) is 30.2 Å². The minimum absolute atomic E-state index is 0.0248. The topological polar surface area (TPSA) is 114 Å². The van der Waals surface area contributed by atoms with Gasteiger partial charge in [-0.05, 0) is 6.42 Å². The van der Waals surface area contributed by atoms with E-state index >= 15 is 0 Å². The summed E-state index contributed by atoms with van der Waals surface area (Å²) >= 11 is 0. The molecule has 8 nitrogen and oxygen atoms in total. The molecule has 1 aliphatic heterocycles. The molecule has 0 saturated carbocycles. The average molecular weight is 276 g/mol. The first-order valence-electron chi connectivity index (χ1n) is 6.13. The predicted molar refractivity (Wildman–Crippen MR) is 67.8 cm³/mol. The standard InChI is InChI=1S/C12H12N4O4/c17-9-5-10(13-6-9)12-14-11(15-20-12)7-2-1-3-8(4-7)16(18)19/h1-4,9-10,13,17H,5-6H2/t9?,10-/m0/s1. The lowest BCUT2D eigenvalue weighted by Gasteiger charge is -2.01. The van der Waals surface area contributed by atoms with Crippen molar-refractivity contribution in [1.29, 1.82) is 0 Å². The number of nitrogens with one attached hydrogen (secondary N) is 1. The monoisotopic (exact) mass is 276 g/mol. The van der Waals surface area contributed by atoms with E-state index in [4.69, 9.17) is 4.52 Å². The van der Waals surface area contributed by atoms with E-state index in [1.807, 2.05) is 0 Å². The number of rotatable bonds is 3. The van der Waals surface area contributed by atoms with Crippen molar-refractivity contribution in [1.82, 2.24) is 15.5 Å². The van der Waals surface area contributed by atoms with Gasteiger partial charge in [0.15, 0.2) is 0 Å². The number of hydrogen-bond donors (Lipinski definition) is 2. The summed E-state index contributed by atoms with van der Waals surface area (Å²) in [6, 6.07) is 5.87. The molecule has 1 aliphatic rings. The number of nitro benzene ring substituents is 1. The van der Waals surface area contributed by atoms with Crippen LogP contribution in [0.1, 0.15) is 18.4 Å². The van der Waals surface area contributed by atoms with Crippen molar-refractivity contribution in [3.8, 4) is 11.4 Å². The second kappa shape index (κ2) is 4.99. The Labute approximate surface area is 113 Å². The highest BCUT2D eigenvalue weighted by atomic mass is 16.6. The zero-order valence-electron chi connectivity index (χ0n) is 10.4. The van der Waals surface area contributed by atoms with Gasteiger partial charge in [-0.2, -0.15) is 4.98 Å². The lowest BCUT2D eigenvalue weighted by Crippen LogP contribution is -2.15. The third-order valence-corrected chi connectivity index (χ3v) is 3.16. The summed E-state index contributed by atoms with van der Waals surface area (Å²) in [5.74, 6) is 0.676. The van der Waals surface area contributed by atoms with Crippen molar-refractivity contribution in [2.45, 2.75) is 18.6 Å². The van der Waals surface area contributed by atoms with E-state index < -0.39 is 11.0 Å². The minimum atomic E-state index is -0.473. The molecule has 8 heteroatoms. The van der Waals surface area contributed by atoms with Crippen LogP contribution in [0.25, 0.3) is 11.4 Å². The number of β-amino-alcohol motifs (C(OH)–C–C–N with tert-alkyl or cyclic N) is 1. The van der Waals surface area contributed by atoms with Crippen LogP contribution in [0.2, 0.25) is 0 Å². The smallest absolute Gasteiger partial charge is 0.270 e. The molecule has 1 unspecified atom stereocenters. The molecule has 0 amide bonds. The first-order chi connectivity index (χ1) is 9.63. The highest BCUT2D eigenvalue weighted by molar-refractivity contribution is 5.58. The summed E-state index contributed by atoms with van der Waals surface area (Å²) in [6.07, 6.45) is 0.0875. The van der Waals surface area contributed by atoms with E-state index in [1.165, 1.54) is 12.1 Å². The molecular formula is C12H12N4O4. The number of aliphatic hydroxyl groups excluding tert-OH is 1. The Morgan fingerprint density at radius 2 is 2.35 bits per heavy atom. The van der Waals surface area contributed by atoms with Crippen LogP contribution in [-0.2, 0) is 0 Å². The fourth-order valence-corrected chi connectivity index (χ4v) is 2.16. The van der Waals surface area contributed by atoms with Gasteiger partial charge in [-0.25, -0.2) is 0 Å². The summed E-state index contributed by atoms with van der Waals surface area (Å²) in [7, 11) is 0. The van der Waals surface area contributed by atoms with Crippen molar-refractivity contribution < 1.29 is 14.6 Å². The molecule has 1 fully saturated rings. The maximum atomic E-state index is 10.7. The lowest BCUT2D eigenvalue weighted by atomic mass is 10.2. The molecule has 0 radical (unpaired) electrons. The van der Waals surface area contributed by atoms with Gasteiger partial charge in [0.25, 0.3) is 5.69 Å². The van der Waals surface area contributed by atoms with Gasteiger partial charge in [0.05, 0.1) is 17.1 Å². The van der Waals surface area contributed by atoms with Crippen LogP contribution in [0.3, 0.4) is 0 Å². The Bertz CT molecular complexity index is 642. The maximum Gasteiger partial charge on any atom is 0.270 e. The molecule has 1 aromatic carbocycles. The molecule has 104 valence electrons. The van der Waals surface area contributed by atoms with Gasteiger partial charge >= 0.3 is 0 Å². The molecule has 3 rings (SSSR count). The number of nitro groups is 1. The second-order valence-electron chi connectivity index (χ2n) is 4.61. The first-order valence-corrected chi connectivity index (χ1v) is 6.13. The van der Waals surface area contributed by atoms with Crippen LogP contribution in [0.4, 0.5) is 5.69 Å². The van der Waals surface area contributed by atoms with Gasteiger partial charge in [-0.15, -0.1) is 0 Å². The molecule has 0 bridgehead atoms. The van der Waals surface area contributed by atoms with Gasteiger partial charge in [0, 0.05) is 24.2 Å². The number of non-ortho nitro benzene ring substituents is 1. The van der Waals surface area contributed by atoms with Crippen molar-refractivity contribution in [2.75, 3.05) is 6.54 Å². The summed E-state index contributed by atoms with van der Waals surface area (Å²) in [6.45, 7) is 0.485. The molecule has 0 spiro atoms. The zero-order valence-corrected chi connectivity index (χ0v) is 10.4. The highest BCUT2D eigenvalue weighted by Gasteiger charge is 2.28. The Morgan fingerprint density at radius 1 is 1.50 bits per heavy atom. The van der Waals surface area contributed by atoms with Gasteiger partial charge < -0.3 is 14.9 Å². The first kappa shape index (κ1) is 12.7. The maximum absolute atomic E-state index is 10.7. The largest absolute Gasteiger partial charge is 0.392 e. The van der Waals surface area contributed by atoms with Crippen LogP contribution in [-0.4, -0.2) is 32.8 Å². The van der Waals surface area contributed by atoms with Crippen LogP contribution in [0.5, 0.6) is 0 Å². The number of nitrogens with zero attached hydrogens (tertiary/aromatic N) is 3.